The molecular formula is C23H26N4O4. The summed E-state index contributed by atoms with van der Waals surface area (Å²) in [6, 6.07) is 15.0. The van der Waals surface area contributed by atoms with Gasteiger partial charge in [-0.1, -0.05) is 12.1 Å². The molecule has 0 aliphatic carbocycles. The minimum Gasteiger partial charge on any atom is -0.482 e. The summed E-state index contributed by atoms with van der Waals surface area (Å²) >= 11 is 0. The van der Waals surface area contributed by atoms with Crippen LogP contribution in [0.25, 0.3) is 0 Å². The summed E-state index contributed by atoms with van der Waals surface area (Å²) in [6.07, 6.45) is 1.71. The Labute approximate surface area is 180 Å². The molecule has 0 spiro atoms. The number of carbonyl (C=O) groups excluding carboxylic acids is 3. The van der Waals surface area contributed by atoms with E-state index in [1.807, 2.05) is 48.5 Å². The molecule has 2 aromatic carbocycles. The molecule has 2 aromatic rings. The zero-order valence-corrected chi connectivity index (χ0v) is 17.3. The topological polar surface area (TPSA) is 105 Å². The molecule has 0 saturated carbocycles. The predicted octanol–water partition coefficient (Wildman–Crippen LogP) is 2.14. The molecule has 4 rings (SSSR count). The number of piperidine rings is 1. The maximum atomic E-state index is 12.4. The number of carbonyl (C=O) groups is 3. The summed E-state index contributed by atoms with van der Waals surface area (Å²) in [6.45, 7) is 1.84. The summed E-state index contributed by atoms with van der Waals surface area (Å²) < 4.78 is 5.43. The Kier molecular flexibility index (Phi) is 6.06. The van der Waals surface area contributed by atoms with Crippen LogP contribution in [-0.2, 0) is 14.4 Å². The lowest BCUT2D eigenvalue weighted by atomic mass is 9.96. The molecule has 0 unspecified atom stereocenters. The first kappa shape index (κ1) is 20.7. The zero-order chi connectivity index (χ0) is 21.8. The van der Waals surface area contributed by atoms with Crippen LogP contribution >= 0.6 is 0 Å². The van der Waals surface area contributed by atoms with Crippen molar-refractivity contribution in [2.45, 2.75) is 19.3 Å². The summed E-state index contributed by atoms with van der Waals surface area (Å²) in [5.41, 5.74) is 7.84. The lowest BCUT2D eigenvalue weighted by molar-refractivity contribution is -0.122. The van der Waals surface area contributed by atoms with E-state index in [9.17, 15) is 14.4 Å². The van der Waals surface area contributed by atoms with Crippen LogP contribution in [0.15, 0.2) is 48.5 Å². The maximum absolute atomic E-state index is 12.4. The van der Waals surface area contributed by atoms with Crippen molar-refractivity contribution in [1.82, 2.24) is 0 Å². The van der Waals surface area contributed by atoms with Crippen LogP contribution in [0, 0.1) is 5.92 Å². The van der Waals surface area contributed by atoms with Gasteiger partial charge in [0, 0.05) is 43.3 Å². The molecule has 1 saturated heterocycles. The molecule has 2 heterocycles. The van der Waals surface area contributed by atoms with Gasteiger partial charge in [-0.15, -0.1) is 0 Å². The molecule has 162 valence electrons. The molecule has 31 heavy (non-hydrogen) atoms. The number of nitrogens with zero attached hydrogens (tertiary/aromatic N) is 2. The summed E-state index contributed by atoms with van der Waals surface area (Å²) in [7, 11) is 0. The number of amides is 3. The molecule has 3 N–H and O–H groups in total. The fraction of sp³-hybridized carbons (Fsp3) is 0.348. The fourth-order valence-electron chi connectivity index (χ4n) is 4.01. The number of nitrogens with two attached hydrogens (primary N) is 1. The van der Waals surface area contributed by atoms with E-state index in [4.69, 9.17) is 10.5 Å². The van der Waals surface area contributed by atoms with E-state index in [2.05, 4.69) is 10.2 Å². The fourth-order valence-corrected chi connectivity index (χ4v) is 4.01. The molecule has 0 bridgehead atoms. The lowest BCUT2D eigenvalue weighted by Gasteiger charge is -2.32. The Bertz CT molecular complexity index is 968. The van der Waals surface area contributed by atoms with Gasteiger partial charge < -0.3 is 25.6 Å². The van der Waals surface area contributed by atoms with Crippen molar-refractivity contribution in [2.24, 2.45) is 11.7 Å². The van der Waals surface area contributed by atoms with Gasteiger partial charge in [0.15, 0.2) is 6.61 Å². The van der Waals surface area contributed by atoms with Gasteiger partial charge in [-0.25, -0.2) is 0 Å². The minimum atomic E-state index is -0.222. The number of ether oxygens (including phenoxy) is 1. The molecular weight excluding hydrogens is 396 g/mol. The van der Waals surface area contributed by atoms with E-state index in [1.165, 1.54) is 0 Å². The van der Waals surface area contributed by atoms with Crippen molar-refractivity contribution >= 4 is 34.8 Å². The highest BCUT2D eigenvalue weighted by molar-refractivity contribution is 5.99. The summed E-state index contributed by atoms with van der Waals surface area (Å²) in [5, 5.41) is 2.88. The van der Waals surface area contributed by atoms with Gasteiger partial charge in [-0.05, 0) is 49.2 Å². The van der Waals surface area contributed by atoms with Crippen LogP contribution in [0.4, 0.5) is 17.1 Å². The number of nitrogens with one attached hydrogen (secondary N) is 1. The number of hydrogen-bond donors (Lipinski definition) is 2. The molecule has 0 atom stereocenters. The first-order valence-electron chi connectivity index (χ1n) is 10.5. The molecule has 0 radical (unpaired) electrons. The largest absolute Gasteiger partial charge is 0.482 e. The van der Waals surface area contributed by atoms with Crippen molar-refractivity contribution in [1.29, 1.82) is 0 Å². The summed E-state index contributed by atoms with van der Waals surface area (Å²) in [5.74, 6) is 0.0702. The third kappa shape index (κ3) is 4.79. The number of rotatable bonds is 6. The second-order valence-electron chi connectivity index (χ2n) is 7.81. The van der Waals surface area contributed by atoms with Gasteiger partial charge in [-0.2, -0.15) is 0 Å². The average molecular weight is 422 g/mol. The van der Waals surface area contributed by atoms with E-state index >= 15 is 0 Å². The van der Waals surface area contributed by atoms with Crippen LogP contribution in [-0.4, -0.2) is 44.0 Å². The smallest absolute Gasteiger partial charge is 0.265 e. The number of primary amides is 1. The highest BCUT2D eigenvalue weighted by Crippen LogP contribution is 2.31. The van der Waals surface area contributed by atoms with Crippen LogP contribution in [0.2, 0.25) is 0 Å². The van der Waals surface area contributed by atoms with Gasteiger partial charge in [0.25, 0.3) is 5.91 Å². The third-order valence-corrected chi connectivity index (χ3v) is 5.78. The second kappa shape index (κ2) is 9.07. The predicted molar refractivity (Wildman–Crippen MR) is 118 cm³/mol. The van der Waals surface area contributed by atoms with Gasteiger partial charge in [-0.3, -0.25) is 14.4 Å². The number of para-hydroxylation sites is 2. The second-order valence-corrected chi connectivity index (χ2v) is 7.81. The molecule has 8 nitrogen and oxygen atoms in total. The van der Waals surface area contributed by atoms with Gasteiger partial charge in [0.05, 0.1) is 5.69 Å². The van der Waals surface area contributed by atoms with E-state index in [0.717, 1.165) is 31.6 Å². The first-order valence-corrected chi connectivity index (χ1v) is 10.5. The van der Waals surface area contributed by atoms with Crippen LogP contribution < -0.4 is 25.6 Å². The molecule has 1 fully saturated rings. The van der Waals surface area contributed by atoms with Crippen molar-refractivity contribution < 1.29 is 19.1 Å². The van der Waals surface area contributed by atoms with Crippen molar-refractivity contribution in [2.75, 3.05) is 41.4 Å². The minimum absolute atomic E-state index is 0.0171. The average Bonchev–Trinajstić information content (AvgIpc) is 2.79. The quantitative estimate of drug-likeness (QED) is 0.742. The Morgan fingerprint density at radius 1 is 1.06 bits per heavy atom. The maximum Gasteiger partial charge on any atom is 0.265 e. The molecule has 2 aliphatic heterocycles. The Morgan fingerprint density at radius 2 is 1.77 bits per heavy atom. The van der Waals surface area contributed by atoms with E-state index < -0.39 is 0 Å². The highest BCUT2D eigenvalue weighted by Gasteiger charge is 2.26. The number of benzene rings is 2. The molecule has 0 aromatic heterocycles. The van der Waals surface area contributed by atoms with Crippen molar-refractivity contribution in [3.8, 4) is 5.75 Å². The van der Waals surface area contributed by atoms with Crippen LogP contribution in [0.3, 0.4) is 0 Å². The first-order chi connectivity index (χ1) is 15.0. The van der Waals surface area contributed by atoms with Crippen molar-refractivity contribution in [3.05, 3.63) is 48.5 Å². The van der Waals surface area contributed by atoms with E-state index in [0.29, 0.717) is 17.1 Å². The van der Waals surface area contributed by atoms with E-state index in [-0.39, 0.29) is 43.2 Å². The Hall–Kier alpha value is -3.55. The zero-order valence-electron chi connectivity index (χ0n) is 17.3. The third-order valence-electron chi connectivity index (χ3n) is 5.78. The standard InChI is InChI=1S/C23H26N4O4/c24-23(30)16-9-12-26(13-10-16)18-7-5-17(6-8-18)25-21(28)11-14-27-19-3-1-2-4-20(19)31-15-22(27)29/h1-8,16H,9-15H2,(H2,24,30)(H,25,28). The Balaban J connectivity index is 1.30. The molecule has 2 aliphatic rings. The van der Waals surface area contributed by atoms with Gasteiger partial charge in [0.2, 0.25) is 11.8 Å². The number of anilines is 3. The lowest BCUT2D eigenvalue weighted by Crippen LogP contribution is -2.40. The summed E-state index contributed by atoms with van der Waals surface area (Å²) in [4.78, 5) is 39.8. The van der Waals surface area contributed by atoms with Crippen LogP contribution in [0.1, 0.15) is 19.3 Å². The monoisotopic (exact) mass is 422 g/mol. The highest BCUT2D eigenvalue weighted by atomic mass is 16.5. The van der Waals surface area contributed by atoms with Crippen LogP contribution in [0.5, 0.6) is 5.75 Å². The number of fused-ring (bicyclic) bond motifs is 1. The van der Waals surface area contributed by atoms with E-state index in [1.54, 1.807) is 4.90 Å². The van der Waals surface area contributed by atoms with Gasteiger partial charge in [0.1, 0.15) is 5.75 Å². The normalized spacial score (nSPS) is 16.5. The Morgan fingerprint density at radius 3 is 2.48 bits per heavy atom. The van der Waals surface area contributed by atoms with Gasteiger partial charge >= 0.3 is 0 Å². The molecule has 3 amide bonds. The SMILES string of the molecule is NC(=O)C1CCN(c2ccc(NC(=O)CCN3C(=O)COc4ccccc43)cc2)CC1. The molecule has 8 heteroatoms. The van der Waals surface area contributed by atoms with Crippen molar-refractivity contribution in [3.63, 3.8) is 0 Å². The number of hydrogen-bond acceptors (Lipinski definition) is 5.